The minimum absolute atomic E-state index is 0.0454. The number of benzene rings is 2. The molecule has 0 amide bonds. The minimum atomic E-state index is -2.79. The third-order valence-corrected chi connectivity index (χ3v) is 10.1. The molecule has 252 valence electrons. The van der Waals surface area contributed by atoms with Crippen LogP contribution in [0.2, 0.25) is 5.02 Å². The summed E-state index contributed by atoms with van der Waals surface area (Å²) in [5.74, 6) is -2.62. The van der Waals surface area contributed by atoms with Crippen LogP contribution in [0.5, 0.6) is 17.2 Å². The van der Waals surface area contributed by atoms with E-state index in [1.165, 1.54) is 13.2 Å². The first-order valence-corrected chi connectivity index (χ1v) is 16.4. The van der Waals surface area contributed by atoms with E-state index < -0.39 is 23.8 Å². The van der Waals surface area contributed by atoms with Crippen LogP contribution in [-0.2, 0) is 23.6 Å². The van der Waals surface area contributed by atoms with Crippen LogP contribution in [0.4, 0.5) is 14.5 Å². The van der Waals surface area contributed by atoms with E-state index in [2.05, 4.69) is 20.9 Å². The molecule has 0 radical (unpaired) electrons. The molecule has 11 nitrogen and oxygen atoms in total. The third-order valence-electron chi connectivity index (χ3n) is 9.87. The van der Waals surface area contributed by atoms with Gasteiger partial charge in [0.1, 0.15) is 28.9 Å². The summed E-state index contributed by atoms with van der Waals surface area (Å²) < 4.78 is 52.7. The second-order valence-corrected chi connectivity index (χ2v) is 13.3. The molecule has 4 heterocycles. The molecule has 2 unspecified atom stereocenters. The highest BCUT2D eigenvalue weighted by atomic mass is 35.5. The van der Waals surface area contributed by atoms with Crippen LogP contribution in [0.25, 0.3) is 11.0 Å². The number of fused-ring (bicyclic) bond motifs is 3. The Kier molecular flexibility index (Phi) is 7.42. The van der Waals surface area contributed by atoms with Gasteiger partial charge in [0.05, 0.1) is 42.1 Å². The number of piperazine rings is 1. The molecule has 48 heavy (non-hydrogen) atoms. The monoisotopic (exact) mass is 681 g/mol. The number of methoxy groups -OCH3 is 1. The number of aromatic carboxylic acids is 1. The van der Waals surface area contributed by atoms with Crippen LogP contribution in [0, 0.1) is 0 Å². The zero-order chi connectivity index (χ0) is 33.4. The summed E-state index contributed by atoms with van der Waals surface area (Å²) in [5, 5.41) is 10.3. The number of aromatic nitrogens is 3. The van der Waals surface area contributed by atoms with Gasteiger partial charge in [0.25, 0.3) is 11.7 Å². The van der Waals surface area contributed by atoms with Crippen LogP contribution in [0.1, 0.15) is 48.1 Å². The standard InChI is InChI=1S/C34H34ClF2N5O6/c1-33(27-9-6-20(35)17-38-27)47-25-5-3-4-23(31(25)48-33)41-11-10-40(21-7-8-22(21)41)18-29-39-30-24(14-19(32(43)44)15-26(30)45-2)42(29)12-13-46-28-16-34(28,36)37/h3-6,9,14-15,17,21-22,28H,7-8,10-13,16,18H2,1-2H3,(H,43,44)/t21-,22-,28?,33?/m1/s1. The number of pyridine rings is 1. The fourth-order valence-electron chi connectivity index (χ4n) is 7.13. The van der Waals surface area contributed by atoms with Crippen LogP contribution >= 0.6 is 11.6 Å². The number of carboxylic acids is 1. The van der Waals surface area contributed by atoms with Crippen molar-refractivity contribution >= 4 is 34.3 Å². The van der Waals surface area contributed by atoms with Crippen LogP contribution in [-0.4, -0.2) is 81.4 Å². The fourth-order valence-corrected chi connectivity index (χ4v) is 7.24. The summed E-state index contributed by atoms with van der Waals surface area (Å²) >= 11 is 6.07. The number of para-hydroxylation sites is 1. The molecule has 0 bridgehead atoms. The van der Waals surface area contributed by atoms with E-state index >= 15 is 0 Å². The molecule has 1 saturated heterocycles. The van der Waals surface area contributed by atoms with E-state index in [1.54, 1.807) is 24.4 Å². The van der Waals surface area contributed by atoms with Crippen molar-refractivity contribution in [1.29, 1.82) is 0 Å². The third kappa shape index (κ3) is 5.28. The number of rotatable bonds is 10. The molecule has 8 rings (SSSR count). The summed E-state index contributed by atoms with van der Waals surface area (Å²) in [5.41, 5.74) is 2.72. The number of alkyl halides is 2. The van der Waals surface area contributed by atoms with Crippen LogP contribution in [0.15, 0.2) is 48.7 Å². The van der Waals surface area contributed by atoms with Gasteiger partial charge in [-0.3, -0.25) is 9.88 Å². The molecule has 14 heteroatoms. The summed E-state index contributed by atoms with van der Waals surface area (Å²) in [7, 11) is 1.47. The Bertz CT molecular complexity index is 1910. The molecule has 4 aliphatic rings. The smallest absolute Gasteiger partial charge is 0.335 e. The Balaban J connectivity index is 1.05. The van der Waals surface area contributed by atoms with E-state index in [0.717, 1.165) is 31.6 Å². The number of hydrogen-bond acceptors (Lipinski definition) is 9. The first-order chi connectivity index (χ1) is 23.0. The molecule has 2 aromatic heterocycles. The average molecular weight is 682 g/mol. The minimum Gasteiger partial charge on any atom is -0.494 e. The normalized spacial score (nSPS) is 25.5. The second kappa shape index (κ2) is 11.5. The van der Waals surface area contributed by atoms with Crippen molar-refractivity contribution in [3.63, 3.8) is 0 Å². The first-order valence-electron chi connectivity index (χ1n) is 16.0. The zero-order valence-corrected chi connectivity index (χ0v) is 27.1. The Hall–Kier alpha value is -4.20. The van der Waals surface area contributed by atoms with Gasteiger partial charge in [-0.25, -0.2) is 18.6 Å². The maximum atomic E-state index is 13.5. The maximum absolute atomic E-state index is 13.5. The summed E-state index contributed by atoms with van der Waals surface area (Å²) in [6.07, 6.45) is 2.20. The summed E-state index contributed by atoms with van der Waals surface area (Å²) in [4.78, 5) is 26.1. The number of nitrogens with zero attached hydrogens (tertiary/aromatic N) is 5. The fraction of sp³-hybridized carbons (Fsp3) is 0.441. The Morgan fingerprint density at radius 1 is 1.15 bits per heavy atom. The van der Waals surface area contributed by atoms with Crippen LogP contribution in [0.3, 0.4) is 0 Å². The molecule has 4 aromatic rings. The van der Waals surface area contributed by atoms with Crippen molar-refractivity contribution < 1.29 is 37.6 Å². The van der Waals surface area contributed by atoms with Crippen molar-refractivity contribution in [2.75, 3.05) is 31.7 Å². The van der Waals surface area contributed by atoms with Gasteiger partial charge in [0, 0.05) is 51.3 Å². The lowest BCUT2D eigenvalue weighted by atomic mass is 9.81. The molecule has 0 spiro atoms. The predicted molar refractivity (Wildman–Crippen MR) is 171 cm³/mol. The highest BCUT2D eigenvalue weighted by Gasteiger charge is 2.58. The SMILES string of the molecule is COc1cc(C(=O)O)cc2c1nc(CN1CCN(c3cccc4c3OC(C)(c3ccc(Cl)cn3)O4)[C@@H]3CC[C@H]31)n2CCOC1CC1(F)F. The molecule has 2 aromatic carbocycles. The lowest BCUT2D eigenvalue weighted by Crippen LogP contribution is -2.64. The highest BCUT2D eigenvalue weighted by Crippen LogP contribution is 2.51. The lowest BCUT2D eigenvalue weighted by molar-refractivity contribution is -0.0717. The number of anilines is 1. The topological polar surface area (TPSA) is 111 Å². The van der Waals surface area contributed by atoms with Crippen molar-refractivity contribution in [2.45, 2.75) is 69.2 Å². The molecule has 1 N–H and O–H groups in total. The van der Waals surface area contributed by atoms with Gasteiger partial charge >= 0.3 is 5.97 Å². The van der Waals surface area contributed by atoms with E-state index in [0.29, 0.717) is 51.4 Å². The van der Waals surface area contributed by atoms with Gasteiger partial charge < -0.3 is 33.5 Å². The van der Waals surface area contributed by atoms with Crippen molar-refractivity contribution in [2.24, 2.45) is 0 Å². The second-order valence-electron chi connectivity index (χ2n) is 12.8. The Morgan fingerprint density at radius 3 is 2.65 bits per heavy atom. The molecule has 3 fully saturated rings. The number of imidazole rings is 1. The number of hydrogen-bond donors (Lipinski definition) is 1. The van der Waals surface area contributed by atoms with Gasteiger partial charge in [0.2, 0.25) is 0 Å². The van der Waals surface area contributed by atoms with Crippen LogP contribution < -0.4 is 19.1 Å². The quantitative estimate of drug-likeness (QED) is 0.223. The van der Waals surface area contributed by atoms with E-state index in [9.17, 15) is 18.7 Å². The van der Waals surface area contributed by atoms with Crippen molar-refractivity contribution in [3.05, 3.63) is 70.8 Å². The lowest BCUT2D eigenvalue weighted by Gasteiger charge is -2.54. The average Bonchev–Trinajstić information content (AvgIpc) is 3.32. The van der Waals surface area contributed by atoms with Gasteiger partial charge in [-0.2, -0.15) is 0 Å². The largest absolute Gasteiger partial charge is 0.494 e. The number of halogens is 3. The van der Waals surface area contributed by atoms with Crippen molar-refractivity contribution in [1.82, 2.24) is 19.4 Å². The van der Waals surface area contributed by atoms with E-state index in [4.69, 9.17) is 35.5 Å². The molecule has 4 atom stereocenters. The van der Waals surface area contributed by atoms with E-state index in [1.807, 2.05) is 23.6 Å². The Labute approximate surface area is 279 Å². The summed E-state index contributed by atoms with van der Waals surface area (Å²) in [6, 6.07) is 12.9. The zero-order valence-electron chi connectivity index (χ0n) is 26.4. The molecule has 2 aliphatic carbocycles. The van der Waals surface area contributed by atoms with Gasteiger partial charge in [-0.15, -0.1) is 0 Å². The predicted octanol–water partition coefficient (Wildman–Crippen LogP) is 5.71. The van der Waals surface area contributed by atoms with Gasteiger partial charge in [0.15, 0.2) is 11.5 Å². The molecular formula is C34H34ClF2N5O6. The number of ether oxygens (including phenoxy) is 4. The molecule has 2 aliphatic heterocycles. The van der Waals surface area contributed by atoms with Gasteiger partial charge in [-0.05, 0) is 49.2 Å². The van der Waals surface area contributed by atoms with Gasteiger partial charge in [-0.1, -0.05) is 17.7 Å². The van der Waals surface area contributed by atoms with E-state index in [-0.39, 0.29) is 37.2 Å². The number of carboxylic acid groups (broad SMARTS) is 1. The first kappa shape index (κ1) is 31.1. The summed E-state index contributed by atoms with van der Waals surface area (Å²) in [6.45, 7) is 4.08. The van der Waals surface area contributed by atoms with Crippen molar-refractivity contribution in [3.8, 4) is 17.2 Å². The maximum Gasteiger partial charge on any atom is 0.335 e. The number of carbonyl (C=O) groups is 1. The molecule has 2 saturated carbocycles. The molecular weight excluding hydrogens is 648 g/mol. The Morgan fingerprint density at radius 2 is 1.96 bits per heavy atom. The highest BCUT2D eigenvalue weighted by molar-refractivity contribution is 6.30.